The molecule has 2 aromatic carbocycles. The van der Waals surface area contributed by atoms with E-state index in [4.69, 9.17) is 9.36 Å². The fourth-order valence-corrected chi connectivity index (χ4v) is 3.41. The van der Waals surface area contributed by atoms with E-state index in [-0.39, 0.29) is 5.97 Å². The van der Waals surface area contributed by atoms with E-state index in [1.54, 1.807) is 6.92 Å². The van der Waals surface area contributed by atoms with Crippen molar-refractivity contribution < 1.29 is 14.2 Å². The summed E-state index contributed by atoms with van der Waals surface area (Å²) < 4.78 is 5.66. The molecule has 0 spiro atoms. The molecule has 3 aromatic rings. The van der Waals surface area contributed by atoms with Crippen molar-refractivity contribution in [2.45, 2.75) is 39.0 Å². The van der Waals surface area contributed by atoms with Gasteiger partial charge in [0.2, 0.25) is 0 Å². The zero-order chi connectivity index (χ0) is 17.9. The van der Waals surface area contributed by atoms with Crippen molar-refractivity contribution in [3.05, 3.63) is 65.0 Å². The van der Waals surface area contributed by atoms with Gasteiger partial charge in [-0.3, -0.25) is 0 Å². The number of fused-ring (bicyclic) bond motifs is 2. The summed E-state index contributed by atoms with van der Waals surface area (Å²) in [5.41, 5.74) is 3.74. The molecule has 1 aromatic heterocycles. The van der Waals surface area contributed by atoms with Crippen molar-refractivity contribution in [3.63, 3.8) is 0 Å². The number of aryl methyl sites for hydroxylation is 1. The number of carbonyl (C=O) groups is 1. The van der Waals surface area contributed by atoms with E-state index < -0.39 is 0 Å². The van der Waals surface area contributed by atoms with E-state index >= 15 is 0 Å². The summed E-state index contributed by atoms with van der Waals surface area (Å²) in [4.78, 5) is 16.5. The second kappa shape index (κ2) is 7.12. The molecule has 132 valence electrons. The zero-order valence-corrected chi connectivity index (χ0v) is 14.7. The molecule has 0 saturated carbocycles. The van der Waals surface area contributed by atoms with Gasteiger partial charge < -0.3 is 9.36 Å². The van der Waals surface area contributed by atoms with Gasteiger partial charge in [0.15, 0.2) is 5.76 Å². The highest BCUT2D eigenvalue weighted by Crippen LogP contribution is 2.28. The first-order valence-electron chi connectivity index (χ1n) is 8.97. The van der Waals surface area contributed by atoms with E-state index in [0.29, 0.717) is 12.8 Å². The zero-order valence-electron chi connectivity index (χ0n) is 14.7. The summed E-state index contributed by atoms with van der Waals surface area (Å²) in [6.07, 6.45) is 3.47. The summed E-state index contributed by atoms with van der Waals surface area (Å²) in [5.74, 6) is 0.444. The minimum Gasteiger partial charge on any atom is -0.360 e. The molecule has 0 atom stereocenters. The largest absolute Gasteiger partial charge is 0.360 e. The van der Waals surface area contributed by atoms with Gasteiger partial charge in [0.1, 0.15) is 0 Å². The third kappa shape index (κ3) is 3.12. The molecule has 5 heteroatoms. The van der Waals surface area contributed by atoms with Crippen LogP contribution in [0.3, 0.4) is 0 Å². The van der Waals surface area contributed by atoms with Gasteiger partial charge in [-0.15, -0.1) is 0 Å². The number of hydrogen-bond acceptors (Lipinski definition) is 5. The monoisotopic (exact) mass is 348 g/mol. The lowest BCUT2D eigenvalue weighted by Crippen LogP contribution is -2.14. The van der Waals surface area contributed by atoms with Gasteiger partial charge in [0.25, 0.3) is 0 Å². The van der Waals surface area contributed by atoms with Crippen molar-refractivity contribution in [3.8, 4) is 0 Å². The predicted octanol–water partition coefficient (Wildman–Crippen LogP) is 4.41. The molecule has 1 aliphatic carbocycles. The highest BCUT2D eigenvalue weighted by atomic mass is 16.7. The molecule has 0 aliphatic heterocycles. The molecule has 1 heterocycles. The van der Waals surface area contributed by atoms with Gasteiger partial charge in [-0.25, -0.2) is 4.79 Å². The van der Waals surface area contributed by atoms with Gasteiger partial charge in [-0.05, 0) is 35.6 Å². The molecule has 0 amide bonds. The van der Waals surface area contributed by atoms with Crippen LogP contribution in [0.15, 0.2) is 52.1 Å². The van der Waals surface area contributed by atoms with Crippen LogP contribution in [0, 0.1) is 0 Å². The van der Waals surface area contributed by atoms with Crippen LogP contribution in [-0.4, -0.2) is 16.8 Å². The Labute approximate surface area is 151 Å². The van der Waals surface area contributed by atoms with Crippen LogP contribution < -0.4 is 0 Å². The van der Waals surface area contributed by atoms with Gasteiger partial charge in [0, 0.05) is 12.8 Å². The fraction of sp³-hybridized carbons (Fsp3) is 0.286. The second-order valence-corrected chi connectivity index (χ2v) is 6.45. The first-order chi connectivity index (χ1) is 12.8. The van der Waals surface area contributed by atoms with Crippen molar-refractivity contribution in [2.24, 2.45) is 5.16 Å². The highest BCUT2D eigenvalue weighted by molar-refractivity contribution is 6.03. The summed E-state index contributed by atoms with van der Waals surface area (Å²) >= 11 is 0. The topological polar surface area (TPSA) is 64.7 Å². The second-order valence-electron chi connectivity index (χ2n) is 6.45. The van der Waals surface area contributed by atoms with Gasteiger partial charge >= 0.3 is 5.97 Å². The first kappa shape index (κ1) is 16.5. The van der Waals surface area contributed by atoms with Crippen molar-refractivity contribution in [1.29, 1.82) is 0 Å². The molecule has 5 nitrogen and oxygen atoms in total. The number of benzene rings is 2. The van der Waals surface area contributed by atoms with Crippen molar-refractivity contribution in [1.82, 2.24) is 5.16 Å². The molecule has 4 rings (SSSR count). The molecule has 0 radical (unpaired) electrons. The number of carbonyl (C=O) groups excluding carboxylic acids is 1. The SMILES string of the molecule is CCC(=O)ON=C1CCCc2noc(Cc3cccc4ccccc34)c21. The van der Waals surface area contributed by atoms with Crippen LogP contribution in [0.25, 0.3) is 10.8 Å². The fourth-order valence-electron chi connectivity index (χ4n) is 3.41. The molecular formula is C21H20N2O3. The first-order valence-corrected chi connectivity index (χ1v) is 8.97. The Morgan fingerprint density at radius 1 is 1.19 bits per heavy atom. The molecule has 0 N–H and O–H groups in total. The molecule has 0 unspecified atom stereocenters. The van der Waals surface area contributed by atoms with Crippen LogP contribution in [-0.2, 0) is 22.5 Å². The number of rotatable bonds is 4. The minimum atomic E-state index is -0.336. The quantitative estimate of drug-likeness (QED) is 0.517. The maximum absolute atomic E-state index is 11.5. The summed E-state index contributed by atoms with van der Waals surface area (Å²) in [7, 11) is 0. The van der Waals surface area contributed by atoms with E-state index in [2.05, 4.69) is 40.6 Å². The van der Waals surface area contributed by atoms with Gasteiger partial charge in [0.05, 0.1) is 17.0 Å². The molecule has 0 saturated heterocycles. The smallest absolute Gasteiger partial charge is 0.334 e. The van der Waals surface area contributed by atoms with Crippen molar-refractivity contribution in [2.75, 3.05) is 0 Å². The van der Waals surface area contributed by atoms with Crippen molar-refractivity contribution >= 4 is 22.5 Å². The number of aromatic nitrogens is 1. The van der Waals surface area contributed by atoms with E-state index in [0.717, 1.165) is 42.0 Å². The standard InChI is InChI=1S/C21H20N2O3/c1-2-20(24)26-23-18-12-6-11-17-21(18)19(25-22-17)13-15-9-5-8-14-7-3-4-10-16(14)15/h3-5,7-10H,2,6,11-13H2,1H3. The molecule has 0 fully saturated rings. The number of nitrogens with zero attached hydrogens (tertiary/aromatic N) is 2. The molecule has 1 aliphatic rings. The number of hydrogen-bond donors (Lipinski definition) is 0. The molecule has 26 heavy (non-hydrogen) atoms. The van der Waals surface area contributed by atoms with Gasteiger partial charge in [-0.1, -0.05) is 59.7 Å². The Kier molecular flexibility index (Phi) is 4.52. The average Bonchev–Trinajstić information content (AvgIpc) is 3.10. The van der Waals surface area contributed by atoms with Crippen LogP contribution >= 0.6 is 0 Å². The third-order valence-corrected chi connectivity index (χ3v) is 4.73. The lowest BCUT2D eigenvalue weighted by atomic mass is 9.91. The number of oxime groups is 1. The lowest BCUT2D eigenvalue weighted by Gasteiger charge is -2.13. The summed E-state index contributed by atoms with van der Waals surface area (Å²) in [6, 6.07) is 14.6. The van der Waals surface area contributed by atoms with Crippen LogP contribution in [0.1, 0.15) is 48.8 Å². The Morgan fingerprint density at radius 3 is 2.92 bits per heavy atom. The van der Waals surface area contributed by atoms with Crippen LogP contribution in [0.2, 0.25) is 0 Å². The predicted molar refractivity (Wildman–Crippen MR) is 99.1 cm³/mol. The highest BCUT2D eigenvalue weighted by Gasteiger charge is 2.26. The Morgan fingerprint density at radius 2 is 2.04 bits per heavy atom. The normalized spacial score (nSPS) is 15.2. The van der Waals surface area contributed by atoms with E-state index in [9.17, 15) is 4.79 Å². The molecular weight excluding hydrogens is 328 g/mol. The Hall–Kier alpha value is -2.95. The van der Waals surface area contributed by atoms with E-state index in [1.807, 2.05) is 12.1 Å². The van der Waals surface area contributed by atoms with Crippen LogP contribution in [0.4, 0.5) is 0 Å². The maximum atomic E-state index is 11.5. The summed E-state index contributed by atoms with van der Waals surface area (Å²) in [6.45, 7) is 1.75. The van der Waals surface area contributed by atoms with E-state index in [1.165, 1.54) is 16.3 Å². The Bertz CT molecular complexity index is 983. The third-order valence-electron chi connectivity index (χ3n) is 4.73. The summed E-state index contributed by atoms with van der Waals surface area (Å²) in [5, 5.41) is 10.7. The average molecular weight is 348 g/mol. The van der Waals surface area contributed by atoms with Crippen LogP contribution in [0.5, 0.6) is 0 Å². The lowest BCUT2D eigenvalue weighted by molar-refractivity contribution is -0.143. The van der Waals surface area contributed by atoms with Gasteiger partial charge in [-0.2, -0.15) is 0 Å². The maximum Gasteiger partial charge on any atom is 0.334 e. The minimum absolute atomic E-state index is 0.302. The Balaban J connectivity index is 1.70. The molecule has 0 bridgehead atoms.